The van der Waals surface area contributed by atoms with Crippen LogP contribution in [-0.2, 0) is 24.9 Å². The second kappa shape index (κ2) is 15.0. The third kappa shape index (κ3) is 7.19. The van der Waals surface area contributed by atoms with Gasteiger partial charge in [0.25, 0.3) is 0 Å². The molecule has 0 atom stereocenters. The van der Waals surface area contributed by atoms with E-state index in [9.17, 15) is 9.90 Å². The molecule has 5 aromatic rings. The molecule has 223 valence electrons. The number of hydrogen-bond acceptors (Lipinski definition) is 4. The molecule has 5 rings (SSSR count). The number of rotatable bonds is 8. The van der Waals surface area contributed by atoms with E-state index in [0.29, 0.717) is 5.56 Å². The zero-order valence-corrected chi connectivity index (χ0v) is 28.5. The number of carbonyl (C=O) groups is 1. The molecule has 3 nitrogen and oxygen atoms in total. The van der Waals surface area contributed by atoms with E-state index in [4.69, 9.17) is 4.11 Å². The summed E-state index contributed by atoms with van der Waals surface area (Å²) in [7, 11) is 0. The summed E-state index contributed by atoms with van der Waals surface area (Å²) in [4.78, 5) is 16.4. The quantitative estimate of drug-likeness (QED) is 0.0974. The Morgan fingerprint density at radius 3 is 2.29 bits per heavy atom. The number of aryl methyl sites for hydroxylation is 3. The van der Waals surface area contributed by atoms with Crippen molar-refractivity contribution in [2.24, 2.45) is 11.8 Å². The van der Waals surface area contributed by atoms with E-state index in [0.717, 1.165) is 79.0 Å². The first kappa shape index (κ1) is 29.2. The maximum atomic E-state index is 11.7. The van der Waals surface area contributed by atoms with E-state index in [-0.39, 0.29) is 43.5 Å². The molecule has 0 unspecified atom stereocenters. The van der Waals surface area contributed by atoms with Gasteiger partial charge in [-0.2, -0.15) is 0 Å². The number of thiophene rings is 1. The Morgan fingerprint density at radius 2 is 1.64 bits per heavy atom. The van der Waals surface area contributed by atoms with Gasteiger partial charge in [-0.05, 0) is 66.4 Å². The zero-order valence-electron chi connectivity index (χ0n) is 28.3. The molecule has 0 fully saturated rings. The van der Waals surface area contributed by atoms with Crippen LogP contribution in [0.25, 0.3) is 42.2 Å². The smallest absolute Gasteiger partial charge is 0.162 e. The molecule has 0 saturated carbocycles. The van der Waals surface area contributed by atoms with Crippen LogP contribution in [0.3, 0.4) is 0 Å². The second-order valence-electron chi connectivity index (χ2n) is 10.7. The van der Waals surface area contributed by atoms with E-state index < -0.39 is 6.85 Å². The van der Waals surface area contributed by atoms with Crippen molar-refractivity contribution in [1.82, 2.24) is 4.98 Å². The van der Waals surface area contributed by atoms with Crippen molar-refractivity contribution in [2.75, 3.05) is 0 Å². The van der Waals surface area contributed by atoms with Gasteiger partial charge in [-0.15, -0.1) is 46.2 Å². The van der Waals surface area contributed by atoms with Crippen LogP contribution in [0.2, 0.25) is 0 Å². The molecule has 0 saturated heterocycles. The van der Waals surface area contributed by atoms with E-state index >= 15 is 0 Å². The van der Waals surface area contributed by atoms with Crippen LogP contribution in [0.1, 0.15) is 74.2 Å². The average Bonchev–Trinajstić information content (AvgIpc) is 3.34. The maximum absolute atomic E-state index is 11.7. The van der Waals surface area contributed by atoms with Crippen molar-refractivity contribution >= 4 is 48.1 Å². The number of aliphatic hydroxyl groups excluding tert-OH is 1. The predicted octanol–water partition coefficient (Wildman–Crippen LogP) is 10.9. The Kier molecular flexibility index (Phi) is 10.5. The molecular weight excluding hydrogens is 715 g/mol. The van der Waals surface area contributed by atoms with E-state index in [1.54, 1.807) is 6.20 Å². The molecule has 0 aliphatic carbocycles. The maximum Gasteiger partial charge on any atom is 0.162 e. The normalized spacial score (nSPS) is 13.0. The average molecular weight is 760 g/mol. The van der Waals surface area contributed by atoms with Crippen molar-refractivity contribution in [2.45, 2.75) is 74.1 Å². The van der Waals surface area contributed by atoms with Gasteiger partial charge >= 0.3 is 0 Å². The number of hydrogen-bond donors (Lipinski definition) is 1. The monoisotopic (exact) mass is 760 g/mol. The summed E-state index contributed by atoms with van der Waals surface area (Å²) in [5, 5.41) is 13.5. The molecule has 2 heterocycles. The first-order valence-electron chi connectivity index (χ1n) is 16.1. The number of pyridine rings is 1. The fourth-order valence-corrected chi connectivity index (χ4v) is 6.74. The molecule has 42 heavy (non-hydrogen) atoms. The van der Waals surface area contributed by atoms with Crippen LogP contribution in [0.5, 0.6) is 0 Å². The summed E-state index contributed by atoms with van der Waals surface area (Å²) in [6.45, 7) is 9.97. The first-order chi connectivity index (χ1) is 20.9. The Hall–Kier alpha value is -2.85. The summed E-state index contributed by atoms with van der Waals surface area (Å²) in [5.41, 5.74) is 4.46. The van der Waals surface area contributed by atoms with Crippen molar-refractivity contribution in [3.8, 4) is 11.3 Å². The van der Waals surface area contributed by atoms with Crippen LogP contribution in [0, 0.1) is 38.6 Å². The van der Waals surface area contributed by atoms with Crippen molar-refractivity contribution < 1.29 is 34.1 Å². The third-order valence-corrected chi connectivity index (χ3v) is 9.13. The van der Waals surface area contributed by atoms with Crippen LogP contribution >= 0.6 is 11.3 Å². The molecular formula is C37H42IrNO2S-. The number of aromatic nitrogens is 1. The molecule has 0 amide bonds. The summed E-state index contributed by atoms with van der Waals surface area (Å²) < 4.78 is 26.4. The Balaban J connectivity index is 0.000000297. The number of carbonyl (C=O) groups excluding carboxylic acids is 1. The first-order valence-corrected chi connectivity index (χ1v) is 15.4. The number of allylic oxidation sites excluding steroid dienone is 2. The van der Waals surface area contributed by atoms with Gasteiger partial charge in [0.05, 0.1) is 5.76 Å². The molecule has 1 N–H and O–H groups in total. The third-order valence-electron chi connectivity index (χ3n) is 7.89. The van der Waals surface area contributed by atoms with Gasteiger partial charge in [0.2, 0.25) is 0 Å². The van der Waals surface area contributed by atoms with Crippen LogP contribution < -0.4 is 0 Å². The topological polar surface area (TPSA) is 50.2 Å². The van der Waals surface area contributed by atoms with Gasteiger partial charge in [-0.3, -0.25) is 4.79 Å². The number of nitrogens with zero attached hydrogens (tertiary/aromatic N) is 1. The number of aliphatic hydroxyl groups is 1. The molecule has 1 radical (unpaired) electrons. The van der Waals surface area contributed by atoms with Crippen LogP contribution in [-0.4, -0.2) is 15.9 Å². The van der Waals surface area contributed by atoms with Gasteiger partial charge < -0.3 is 10.1 Å². The fraction of sp³-hybridized carbons (Fsp3) is 0.351. The second-order valence-corrected chi connectivity index (χ2v) is 11.8. The largest absolute Gasteiger partial charge is 0.512 e. The molecule has 0 bridgehead atoms. The SMILES string of the molecule is CCC(CC)C(=O)/C=C(\O)C(CC)CC.[2H]C([2H])([2H])c1c2ccccc2cc2c1sc1c(-c3[c-]c(C)cc(C)c3)nccc12.[Ir]. The summed E-state index contributed by atoms with van der Waals surface area (Å²) in [6.07, 6.45) is 6.71. The van der Waals surface area contributed by atoms with E-state index in [1.165, 1.54) is 17.4 Å². The molecule has 0 spiro atoms. The Bertz CT molecular complexity index is 1800. The fourth-order valence-electron chi connectivity index (χ4n) is 5.49. The number of fused-ring (bicyclic) bond motifs is 4. The minimum absolute atomic E-state index is 0. The number of benzene rings is 3. The molecule has 5 heteroatoms. The van der Waals surface area contributed by atoms with Gasteiger partial charge in [0.1, 0.15) is 0 Å². The standard InChI is InChI=1S/C24H18NS.C13H24O2.Ir/c1-14-10-15(2)12-18(11-14)22-24-20(8-9-25-22)21-13-17-6-4-5-7-19(17)16(3)23(21)26-24;1-5-10(6-2)12(14)9-13(15)11(7-3)8-4;/h4-11,13H,1-3H3;9-11,14H,5-8H2,1-4H3;/q-1;;/b;12-9-;/i3D3;;. The van der Waals surface area contributed by atoms with E-state index in [2.05, 4.69) is 36.2 Å². The van der Waals surface area contributed by atoms with Crippen molar-refractivity contribution in [1.29, 1.82) is 0 Å². The minimum atomic E-state index is -2.19. The predicted molar refractivity (Wildman–Crippen MR) is 177 cm³/mol. The van der Waals surface area contributed by atoms with Crippen LogP contribution in [0.4, 0.5) is 0 Å². The van der Waals surface area contributed by atoms with Crippen molar-refractivity contribution in [3.05, 3.63) is 89.3 Å². The molecule has 3 aromatic carbocycles. The van der Waals surface area contributed by atoms with Crippen LogP contribution in [0.15, 0.2) is 66.6 Å². The van der Waals surface area contributed by atoms with E-state index in [1.807, 2.05) is 65.0 Å². The summed E-state index contributed by atoms with van der Waals surface area (Å²) in [5.74, 6) is 0.547. The summed E-state index contributed by atoms with van der Waals surface area (Å²) >= 11 is 1.52. The number of ketones is 1. The van der Waals surface area contributed by atoms with Gasteiger partial charge in [0, 0.05) is 68.8 Å². The molecule has 2 aromatic heterocycles. The summed E-state index contributed by atoms with van der Waals surface area (Å²) in [6, 6.07) is 19.4. The van der Waals surface area contributed by atoms with Gasteiger partial charge in [-0.25, -0.2) is 0 Å². The van der Waals surface area contributed by atoms with Crippen molar-refractivity contribution in [3.63, 3.8) is 0 Å². The Labute approximate surface area is 272 Å². The van der Waals surface area contributed by atoms with Gasteiger partial charge in [-0.1, -0.05) is 65.8 Å². The zero-order chi connectivity index (χ0) is 32.2. The molecule has 0 aliphatic rings. The minimum Gasteiger partial charge on any atom is -0.512 e. The van der Waals surface area contributed by atoms with Gasteiger partial charge in [0.15, 0.2) is 5.78 Å². The Morgan fingerprint density at radius 1 is 0.952 bits per heavy atom. The molecule has 0 aliphatic heterocycles.